The van der Waals surface area contributed by atoms with Crippen molar-refractivity contribution in [3.63, 3.8) is 0 Å². The van der Waals surface area contributed by atoms with Crippen LogP contribution >= 0.6 is 0 Å². The van der Waals surface area contributed by atoms with Gasteiger partial charge in [0.1, 0.15) is 5.69 Å². The molecule has 0 radical (unpaired) electrons. The molecule has 2 saturated heterocycles. The highest BCUT2D eigenvalue weighted by atomic mass is 16.5. The highest BCUT2D eigenvalue weighted by Gasteiger charge is 2.30. The van der Waals surface area contributed by atoms with E-state index in [1.807, 2.05) is 12.1 Å². The fourth-order valence-electron chi connectivity index (χ4n) is 4.39. The number of anilines is 1. The van der Waals surface area contributed by atoms with Gasteiger partial charge in [0.25, 0.3) is 0 Å². The van der Waals surface area contributed by atoms with Gasteiger partial charge in [0.05, 0.1) is 26.2 Å². The molecule has 2 aliphatic rings. The van der Waals surface area contributed by atoms with Crippen LogP contribution in [0.2, 0.25) is 0 Å². The summed E-state index contributed by atoms with van der Waals surface area (Å²) in [5.41, 5.74) is 2.02. The number of furan rings is 1. The van der Waals surface area contributed by atoms with E-state index in [-0.39, 0.29) is 6.01 Å². The van der Waals surface area contributed by atoms with Crippen molar-refractivity contribution in [2.75, 3.05) is 45.3 Å². The molecule has 9 heteroatoms. The highest BCUT2D eigenvalue weighted by Crippen LogP contribution is 2.33. The van der Waals surface area contributed by atoms with Gasteiger partial charge in [0.15, 0.2) is 5.76 Å². The van der Waals surface area contributed by atoms with Gasteiger partial charge in [0, 0.05) is 43.5 Å². The number of piperazine rings is 1. The second-order valence-corrected chi connectivity index (χ2v) is 7.82. The van der Waals surface area contributed by atoms with Crippen LogP contribution in [0.25, 0.3) is 22.7 Å². The van der Waals surface area contributed by atoms with Gasteiger partial charge in [-0.1, -0.05) is 6.42 Å². The average molecular weight is 422 g/mol. The van der Waals surface area contributed by atoms with Crippen LogP contribution in [0.15, 0.2) is 35.1 Å². The van der Waals surface area contributed by atoms with Crippen LogP contribution in [0.3, 0.4) is 0 Å². The smallest absolute Gasteiger partial charge is 0.320 e. The van der Waals surface area contributed by atoms with Crippen LogP contribution in [-0.4, -0.2) is 71.3 Å². The molecule has 5 heterocycles. The molecule has 0 N–H and O–H groups in total. The number of nitrogens with zero attached hydrogens (tertiary/aromatic N) is 6. The molecule has 5 rings (SSSR count). The molecular formula is C22H26N6O3. The molecule has 3 aromatic rings. The molecule has 0 amide bonds. The Bertz CT molecular complexity index is 1020. The Labute approximate surface area is 181 Å². The standard InChI is InChI=1S/C22H26N6O3/c1-29-19-12-17(24-22(25-19)30-2)16-13-23-21(26-20(16)18-7-5-11-31-18)28-10-9-27-8-4-3-6-15(27)14-28/h5,7,11-13,15H,3-4,6,8-10,14H2,1-2H3/t15-/m1/s1. The topological polar surface area (TPSA) is 89.6 Å². The summed E-state index contributed by atoms with van der Waals surface area (Å²) in [5, 5.41) is 0. The maximum Gasteiger partial charge on any atom is 0.320 e. The van der Waals surface area contributed by atoms with Crippen molar-refractivity contribution in [2.24, 2.45) is 0 Å². The Morgan fingerprint density at radius 1 is 1.06 bits per heavy atom. The van der Waals surface area contributed by atoms with E-state index >= 15 is 0 Å². The zero-order chi connectivity index (χ0) is 21.2. The van der Waals surface area contributed by atoms with Crippen molar-refractivity contribution in [1.29, 1.82) is 0 Å². The summed E-state index contributed by atoms with van der Waals surface area (Å²) in [5.74, 6) is 1.78. The van der Waals surface area contributed by atoms with E-state index in [0.29, 0.717) is 35.0 Å². The summed E-state index contributed by atoms with van der Waals surface area (Å²) >= 11 is 0. The van der Waals surface area contributed by atoms with Gasteiger partial charge in [0.2, 0.25) is 11.8 Å². The predicted molar refractivity (Wildman–Crippen MR) is 115 cm³/mol. The number of piperidine rings is 1. The van der Waals surface area contributed by atoms with Crippen molar-refractivity contribution in [1.82, 2.24) is 24.8 Å². The van der Waals surface area contributed by atoms with Crippen molar-refractivity contribution in [3.8, 4) is 34.6 Å². The number of fused-ring (bicyclic) bond motifs is 1. The third kappa shape index (κ3) is 3.93. The van der Waals surface area contributed by atoms with Gasteiger partial charge in [-0.25, -0.2) is 9.97 Å². The van der Waals surface area contributed by atoms with E-state index in [1.54, 1.807) is 25.6 Å². The minimum Gasteiger partial charge on any atom is -0.481 e. The first-order chi connectivity index (χ1) is 15.2. The van der Waals surface area contributed by atoms with Crippen LogP contribution in [0.1, 0.15) is 19.3 Å². The number of aromatic nitrogens is 4. The Morgan fingerprint density at radius 2 is 2.00 bits per heavy atom. The molecule has 2 fully saturated rings. The first-order valence-corrected chi connectivity index (χ1v) is 10.6. The third-order valence-corrected chi connectivity index (χ3v) is 6.00. The predicted octanol–water partition coefficient (Wildman–Crippen LogP) is 2.89. The summed E-state index contributed by atoms with van der Waals surface area (Å²) in [6.45, 7) is 4.12. The molecule has 0 unspecified atom stereocenters. The molecule has 0 saturated carbocycles. The number of ether oxygens (including phenoxy) is 2. The molecule has 3 aromatic heterocycles. The second-order valence-electron chi connectivity index (χ2n) is 7.82. The third-order valence-electron chi connectivity index (χ3n) is 6.00. The number of hydrogen-bond acceptors (Lipinski definition) is 9. The van der Waals surface area contributed by atoms with Crippen LogP contribution in [0.4, 0.5) is 5.95 Å². The first-order valence-electron chi connectivity index (χ1n) is 10.6. The summed E-state index contributed by atoms with van der Waals surface area (Å²) in [6.07, 6.45) is 7.28. The fraction of sp³-hybridized carbons (Fsp3) is 0.455. The lowest BCUT2D eigenvalue weighted by atomic mass is 10.00. The number of hydrogen-bond donors (Lipinski definition) is 0. The van der Waals surface area contributed by atoms with E-state index < -0.39 is 0 Å². The van der Waals surface area contributed by atoms with E-state index in [9.17, 15) is 0 Å². The quantitative estimate of drug-likeness (QED) is 0.615. The van der Waals surface area contributed by atoms with Crippen molar-refractivity contribution in [2.45, 2.75) is 25.3 Å². The SMILES string of the molecule is COc1cc(-c2cnc(N3CCN4CCCC[C@@H]4C3)nc2-c2ccco2)nc(OC)n1. The van der Waals surface area contributed by atoms with Crippen molar-refractivity contribution >= 4 is 5.95 Å². The molecule has 0 bridgehead atoms. The Hall–Kier alpha value is -3.20. The van der Waals surface area contributed by atoms with Crippen LogP contribution in [0, 0.1) is 0 Å². The van der Waals surface area contributed by atoms with Gasteiger partial charge in [-0.2, -0.15) is 9.97 Å². The second kappa shape index (κ2) is 8.50. The van der Waals surface area contributed by atoms with Crippen LogP contribution in [-0.2, 0) is 0 Å². The lowest BCUT2D eigenvalue weighted by molar-refractivity contribution is 0.133. The van der Waals surface area contributed by atoms with E-state index in [2.05, 4.69) is 19.8 Å². The Kier molecular flexibility index (Phi) is 5.42. The van der Waals surface area contributed by atoms with E-state index in [0.717, 1.165) is 25.2 Å². The van der Waals surface area contributed by atoms with E-state index in [4.69, 9.17) is 23.9 Å². The maximum atomic E-state index is 5.70. The molecule has 0 aromatic carbocycles. The lowest BCUT2D eigenvalue weighted by Crippen LogP contribution is -2.55. The molecule has 1 atom stereocenters. The number of rotatable bonds is 5. The Balaban J connectivity index is 1.53. The zero-order valence-corrected chi connectivity index (χ0v) is 17.8. The highest BCUT2D eigenvalue weighted by molar-refractivity contribution is 5.77. The maximum absolute atomic E-state index is 5.70. The van der Waals surface area contributed by atoms with Crippen molar-refractivity contribution in [3.05, 3.63) is 30.7 Å². The van der Waals surface area contributed by atoms with Crippen LogP contribution in [0.5, 0.6) is 11.9 Å². The molecule has 0 spiro atoms. The monoisotopic (exact) mass is 422 g/mol. The van der Waals surface area contributed by atoms with Gasteiger partial charge >= 0.3 is 6.01 Å². The van der Waals surface area contributed by atoms with E-state index in [1.165, 1.54) is 32.9 Å². The van der Waals surface area contributed by atoms with Gasteiger partial charge in [-0.3, -0.25) is 4.90 Å². The molecule has 2 aliphatic heterocycles. The lowest BCUT2D eigenvalue weighted by Gasteiger charge is -2.44. The number of methoxy groups -OCH3 is 2. The molecule has 31 heavy (non-hydrogen) atoms. The van der Waals surface area contributed by atoms with Gasteiger partial charge < -0.3 is 18.8 Å². The average Bonchev–Trinajstić information content (AvgIpc) is 3.38. The molecular weight excluding hydrogens is 396 g/mol. The van der Waals surface area contributed by atoms with Gasteiger partial charge in [-0.15, -0.1) is 0 Å². The zero-order valence-electron chi connectivity index (χ0n) is 17.8. The largest absolute Gasteiger partial charge is 0.481 e. The minimum absolute atomic E-state index is 0.220. The van der Waals surface area contributed by atoms with Gasteiger partial charge in [-0.05, 0) is 31.5 Å². The summed E-state index contributed by atoms with van der Waals surface area (Å²) in [6, 6.07) is 6.28. The fourth-order valence-corrected chi connectivity index (χ4v) is 4.39. The summed E-state index contributed by atoms with van der Waals surface area (Å²) in [4.78, 5) is 23.2. The summed E-state index contributed by atoms with van der Waals surface area (Å²) in [7, 11) is 3.08. The molecule has 0 aliphatic carbocycles. The molecule has 162 valence electrons. The Morgan fingerprint density at radius 3 is 2.81 bits per heavy atom. The first kappa shape index (κ1) is 19.7. The normalized spacial score (nSPS) is 19.2. The minimum atomic E-state index is 0.220. The summed E-state index contributed by atoms with van der Waals surface area (Å²) < 4.78 is 16.2. The van der Waals surface area contributed by atoms with Crippen molar-refractivity contribution < 1.29 is 13.9 Å². The van der Waals surface area contributed by atoms with Crippen LogP contribution < -0.4 is 14.4 Å². The molecule has 9 nitrogen and oxygen atoms in total.